The van der Waals surface area contributed by atoms with Gasteiger partial charge in [0.25, 0.3) is 0 Å². The third kappa shape index (κ3) is 3.04. The van der Waals surface area contributed by atoms with Crippen LogP contribution in [0, 0.1) is 11.8 Å². The SMILES string of the molecule is O=S(=O)(C1CC1)N1CC2CC(Nc3nc(Cl)ncc3Cl)CC2C1. The highest BCUT2D eigenvalue weighted by atomic mass is 35.5. The van der Waals surface area contributed by atoms with Crippen LogP contribution in [-0.4, -0.2) is 47.1 Å². The molecule has 2 saturated carbocycles. The summed E-state index contributed by atoms with van der Waals surface area (Å²) in [6, 6.07) is 0.249. The number of fused-ring (bicyclic) bond motifs is 1. The fourth-order valence-corrected chi connectivity index (χ4v) is 6.03. The molecule has 2 aliphatic carbocycles. The molecule has 23 heavy (non-hydrogen) atoms. The van der Waals surface area contributed by atoms with Crippen molar-refractivity contribution < 1.29 is 8.42 Å². The van der Waals surface area contributed by atoms with E-state index in [1.807, 2.05) is 0 Å². The van der Waals surface area contributed by atoms with Gasteiger partial charge < -0.3 is 5.32 Å². The predicted molar refractivity (Wildman–Crippen MR) is 89.2 cm³/mol. The van der Waals surface area contributed by atoms with Gasteiger partial charge in [-0.1, -0.05) is 11.6 Å². The van der Waals surface area contributed by atoms with Gasteiger partial charge in [-0.15, -0.1) is 0 Å². The topological polar surface area (TPSA) is 75.2 Å². The Morgan fingerprint density at radius 2 is 1.83 bits per heavy atom. The first-order valence-corrected chi connectivity index (χ1v) is 10.1. The normalized spacial score (nSPS) is 31.3. The number of rotatable bonds is 4. The lowest BCUT2D eigenvalue weighted by atomic mass is 10.0. The molecule has 3 fully saturated rings. The van der Waals surface area contributed by atoms with Crippen LogP contribution in [0.4, 0.5) is 5.82 Å². The summed E-state index contributed by atoms with van der Waals surface area (Å²) in [6.45, 7) is 1.31. The highest BCUT2D eigenvalue weighted by Crippen LogP contribution is 2.43. The largest absolute Gasteiger partial charge is 0.366 e. The van der Waals surface area contributed by atoms with Gasteiger partial charge in [0, 0.05) is 19.1 Å². The van der Waals surface area contributed by atoms with E-state index in [0.717, 1.165) is 25.7 Å². The van der Waals surface area contributed by atoms with Crippen molar-refractivity contribution in [2.75, 3.05) is 18.4 Å². The molecule has 6 nitrogen and oxygen atoms in total. The number of anilines is 1. The summed E-state index contributed by atoms with van der Waals surface area (Å²) in [7, 11) is -3.04. The van der Waals surface area contributed by atoms with E-state index in [1.165, 1.54) is 6.20 Å². The predicted octanol–water partition coefficient (Wildman–Crippen LogP) is 2.40. The zero-order valence-electron chi connectivity index (χ0n) is 12.5. The number of aromatic nitrogens is 2. The molecule has 4 rings (SSSR count). The van der Waals surface area contributed by atoms with E-state index in [4.69, 9.17) is 23.2 Å². The van der Waals surface area contributed by atoms with Gasteiger partial charge in [0.15, 0.2) is 0 Å². The maximum absolute atomic E-state index is 12.3. The van der Waals surface area contributed by atoms with E-state index >= 15 is 0 Å². The molecule has 0 amide bonds. The van der Waals surface area contributed by atoms with Gasteiger partial charge >= 0.3 is 0 Å². The van der Waals surface area contributed by atoms with E-state index < -0.39 is 10.0 Å². The van der Waals surface area contributed by atoms with Crippen molar-refractivity contribution in [2.45, 2.75) is 37.0 Å². The fraction of sp³-hybridized carbons (Fsp3) is 0.714. The van der Waals surface area contributed by atoms with Crippen LogP contribution in [0.3, 0.4) is 0 Å². The Bertz CT molecular complexity index is 711. The van der Waals surface area contributed by atoms with Crippen molar-refractivity contribution in [3.8, 4) is 0 Å². The Morgan fingerprint density at radius 3 is 2.43 bits per heavy atom. The molecule has 1 aliphatic heterocycles. The first-order chi connectivity index (χ1) is 10.9. The van der Waals surface area contributed by atoms with Crippen molar-refractivity contribution in [3.63, 3.8) is 0 Å². The zero-order valence-corrected chi connectivity index (χ0v) is 14.8. The van der Waals surface area contributed by atoms with Crippen LogP contribution in [0.25, 0.3) is 0 Å². The van der Waals surface area contributed by atoms with Crippen LogP contribution in [-0.2, 0) is 10.0 Å². The molecule has 0 bridgehead atoms. The monoisotopic (exact) mass is 376 g/mol. The van der Waals surface area contributed by atoms with Crippen molar-refractivity contribution in [1.29, 1.82) is 0 Å². The van der Waals surface area contributed by atoms with Gasteiger partial charge in [0.2, 0.25) is 15.3 Å². The number of hydrogen-bond donors (Lipinski definition) is 1. The van der Waals surface area contributed by atoms with Crippen molar-refractivity contribution in [1.82, 2.24) is 14.3 Å². The minimum absolute atomic E-state index is 0.114. The molecule has 2 unspecified atom stereocenters. The van der Waals surface area contributed by atoms with Crippen LogP contribution in [0.15, 0.2) is 6.20 Å². The minimum Gasteiger partial charge on any atom is -0.366 e. The van der Waals surface area contributed by atoms with E-state index in [0.29, 0.717) is 35.8 Å². The molecule has 126 valence electrons. The lowest BCUT2D eigenvalue weighted by Gasteiger charge is -2.20. The van der Waals surface area contributed by atoms with Crippen LogP contribution in [0.2, 0.25) is 10.3 Å². The maximum atomic E-state index is 12.3. The van der Waals surface area contributed by atoms with Crippen LogP contribution < -0.4 is 5.32 Å². The zero-order chi connectivity index (χ0) is 16.2. The van der Waals surface area contributed by atoms with E-state index in [2.05, 4.69) is 15.3 Å². The number of halogens is 2. The van der Waals surface area contributed by atoms with Gasteiger partial charge in [-0.3, -0.25) is 0 Å². The summed E-state index contributed by atoms with van der Waals surface area (Å²) in [5, 5.41) is 3.83. The Labute approximate surface area is 145 Å². The quantitative estimate of drug-likeness (QED) is 0.816. The van der Waals surface area contributed by atoms with E-state index in [-0.39, 0.29) is 16.6 Å². The Kier molecular flexibility index (Phi) is 3.95. The van der Waals surface area contributed by atoms with Gasteiger partial charge in [-0.2, -0.15) is 4.98 Å². The molecule has 3 aliphatic rings. The summed E-state index contributed by atoms with van der Waals surface area (Å²) in [5.74, 6) is 1.38. The summed E-state index contributed by atoms with van der Waals surface area (Å²) in [5.41, 5.74) is 0. The molecule has 9 heteroatoms. The molecule has 1 aromatic heterocycles. The number of nitrogens with zero attached hydrogens (tertiary/aromatic N) is 3. The fourth-order valence-electron chi connectivity index (χ4n) is 3.80. The van der Waals surface area contributed by atoms with E-state index in [1.54, 1.807) is 4.31 Å². The Balaban J connectivity index is 1.39. The average molecular weight is 377 g/mol. The molecule has 1 N–H and O–H groups in total. The van der Waals surface area contributed by atoms with Crippen LogP contribution in [0.1, 0.15) is 25.7 Å². The van der Waals surface area contributed by atoms with Gasteiger partial charge in [0.1, 0.15) is 10.8 Å². The van der Waals surface area contributed by atoms with Crippen molar-refractivity contribution in [2.24, 2.45) is 11.8 Å². The number of nitrogens with one attached hydrogen (secondary N) is 1. The lowest BCUT2D eigenvalue weighted by Crippen LogP contribution is -2.33. The van der Waals surface area contributed by atoms with E-state index in [9.17, 15) is 8.42 Å². The molecule has 2 heterocycles. The molecule has 2 atom stereocenters. The highest BCUT2D eigenvalue weighted by Gasteiger charge is 2.48. The summed E-state index contributed by atoms with van der Waals surface area (Å²) >= 11 is 11.9. The third-order valence-electron chi connectivity index (χ3n) is 5.08. The molecule has 0 spiro atoms. The first kappa shape index (κ1) is 15.9. The molecule has 0 radical (unpaired) electrons. The molecule has 0 aromatic carbocycles. The van der Waals surface area contributed by atoms with Gasteiger partial charge in [0.05, 0.1) is 11.4 Å². The Hall–Kier alpha value is -0.630. The lowest BCUT2D eigenvalue weighted by molar-refractivity contribution is 0.439. The van der Waals surface area contributed by atoms with Crippen molar-refractivity contribution >= 4 is 39.0 Å². The second-order valence-electron chi connectivity index (χ2n) is 6.73. The molecule has 1 saturated heterocycles. The summed E-state index contributed by atoms with van der Waals surface area (Å²) in [4.78, 5) is 7.96. The summed E-state index contributed by atoms with van der Waals surface area (Å²) in [6.07, 6.45) is 4.99. The molecule has 1 aromatic rings. The maximum Gasteiger partial charge on any atom is 0.224 e. The number of sulfonamides is 1. The summed E-state index contributed by atoms with van der Waals surface area (Å²) < 4.78 is 26.4. The van der Waals surface area contributed by atoms with Gasteiger partial charge in [-0.25, -0.2) is 17.7 Å². The van der Waals surface area contributed by atoms with Crippen LogP contribution in [0.5, 0.6) is 0 Å². The average Bonchev–Trinajstić information content (AvgIpc) is 3.17. The second kappa shape index (κ2) is 5.72. The molecular formula is C14H18Cl2N4O2S. The Morgan fingerprint density at radius 1 is 1.17 bits per heavy atom. The smallest absolute Gasteiger partial charge is 0.224 e. The third-order valence-corrected chi connectivity index (χ3v) is 7.87. The van der Waals surface area contributed by atoms with Crippen LogP contribution >= 0.6 is 23.2 Å². The number of hydrogen-bond acceptors (Lipinski definition) is 5. The second-order valence-corrected chi connectivity index (χ2v) is 9.69. The first-order valence-electron chi connectivity index (χ1n) is 7.87. The van der Waals surface area contributed by atoms with Gasteiger partial charge in [-0.05, 0) is 49.1 Å². The standard InChI is InChI=1S/C14H18Cl2N4O2S/c15-12-5-17-14(16)19-13(12)18-10-3-8-6-20(7-9(8)4-10)23(21,22)11-1-2-11/h5,8-11H,1-4,6-7H2,(H,17,18,19). The highest BCUT2D eigenvalue weighted by molar-refractivity contribution is 7.90. The molecular weight excluding hydrogens is 359 g/mol. The van der Waals surface area contributed by atoms with Crippen molar-refractivity contribution in [3.05, 3.63) is 16.5 Å². The minimum atomic E-state index is -3.04.